The van der Waals surface area contributed by atoms with Crippen LogP contribution in [0, 0.1) is 5.92 Å². The third kappa shape index (κ3) is 5.03. The van der Waals surface area contributed by atoms with Crippen molar-refractivity contribution in [2.45, 2.75) is 52.0 Å². The van der Waals surface area contributed by atoms with E-state index in [4.69, 9.17) is 11.6 Å². The van der Waals surface area contributed by atoms with Gasteiger partial charge in [0, 0.05) is 25.0 Å². The van der Waals surface area contributed by atoms with Crippen molar-refractivity contribution < 1.29 is 8.42 Å². The molecule has 4 nitrogen and oxygen atoms in total. The van der Waals surface area contributed by atoms with Crippen LogP contribution < -0.4 is 4.72 Å². The Hall–Kier alpha value is 0.160. The summed E-state index contributed by atoms with van der Waals surface area (Å²) in [6.45, 7) is 5.21. The van der Waals surface area contributed by atoms with E-state index in [2.05, 4.69) is 11.6 Å². The van der Waals surface area contributed by atoms with Gasteiger partial charge in [0.2, 0.25) is 0 Å². The standard InChI is InChI=1S/C12H25ClN2O2S/c1-11(10-13)6-5-8-14-18(16,17)15-9-4-3-7-12(15)2/h11-12,14H,3-10H2,1-2H3. The van der Waals surface area contributed by atoms with Crippen LogP contribution in [-0.2, 0) is 10.2 Å². The highest BCUT2D eigenvalue weighted by Crippen LogP contribution is 2.19. The minimum Gasteiger partial charge on any atom is -0.202 e. The molecule has 1 fully saturated rings. The largest absolute Gasteiger partial charge is 0.279 e. The van der Waals surface area contributed by atoms with Gasteiger partial charge in [-0.1, -0.05) is 13.3 Å². The second-order valence-electron chi connectivity index (χ2n) is 5.26. The molecule has 0 amide bonds. The summed E-state index contributed by atoms with van der Waals surface area (Å²) >= 11 is 5.71. The van der Waals surface area contributed by atoms with Gasteiger partial charge in [0.05, 0.1) is 0 Å². The van der Waals surface area contributed by atoms with E-state index in [1.54, 1.807) is 4.31 Å². The fraction of sp³-hybridized carbons (Fsp3) is 1.00. The smallest absolute Gasteiger partial charge is 0.202 e. The summed E-state index contributed by atoms with van der Waals surface area (Å²) < 4.78 is 28.5. The predicted molar refractivity (Wildman–Crippen MR) is 76.1 cm³/mol. The second-order valence-corrected chi connectivity index (χ2v) is 7.27. The lowest BCUT2D eigenvalue weighted by Crippen LogP contribution is -2.48. The van der Waals surface area contributed by atoms with E-state index < -0.39 is 10.2 Å². The van der Waals surface area contributed by atoms with Gasteiger partial charge in [0.1, 0.15) is 0 Å². The number of piperidine rings is 1. The minimum atomic E-state index is -3.29. The summed E-state index contributed by atoms with van der Waals surface area (Å²) in [5, 5.41) is 0. The van der Waals surface area contributed by atoms with E-state index >= 15 is 0 Å². The Kier molecular flexibility index (Phi) is 6.92. The molecule has 0 aromatic rings. The lowest BCUT2D eigenvalue weighted by atomic mass is 10.1. The molecule has 0 spiro atoms. The molecule has 0 aromatic carbocycles. The van der Waals surface area contributed by atoms with E-state index in [1.807, 2.05) is 6.92 Å². The van der Waals surface area contributed by atoms with Gasteiger partial charge in [0.15, 0.2) is 0 Å². The zero-order chi connectivity index (χ0) is 13.6. The van der Waals surface area contributed by atoms with Gasteiger partial charge in [-0.2, -0.15) is 12.7 Å². The number of nitrogens with zero attached hydrogens (tertiary/aromatic N) is 1. The molecule has 1 aliphatic rings. The van der Waals surface area contributed by atoms with Gasteiger partial charge in [-0.25, -0.2) is 4.72 Å². The molecule has 1 aliphatic heterocycles. The molecule has 2 unspecified atom stereocenters. The van der Waals surface area contributed by atoms with Crippen molar-refractivity contribution in [2.75, 3.05) is 19.0 Å². The van der Waals surface area contributed by atoms with Crippen molar-refractivity contribution in [3.05, 3.63) is 0 Å². The molecular weight excluding hydrogens is 272 g/mol. The van der Waals surface area contributed by atoms with Crippen LogP contribution in [0.25, 0.3) is 0 Å². The van der Waals surface area contributed by atoms with E-state index in [-0.39, 0.29) is 6.04 Å². The monoisotopic (exact) mass is 296 g/mol. The summed E-state index contributed by atoms with van der Waals surface area (Å²) in [5.41, 5.74) is 0. The van der Waals surface area contributed by atoms with Crippen molar-refractivity contribution >= 4 is 21.8 Å². The van der Waals surface area contributed by atoms with Crippen molar-refractivity contribution in [3.8, 4) is 0 Å². The van der Waals surface area contributed by atoms with E-state index in [1.165, 1.54) is 0 Å². The Morgan fingerprint density at radius 2 is 2.17 bits per heavy atom. The summed E-state index contributed by atoms with van der Waals surface area (Å²) in [4.78, 5) is 0. The average molecular weight is 297 g/mol. The Morgan fingerprint density at radius 3 is 2.78 bits per heavy atom. The van der Waals surface area contributed by atoms with E-state index in [0.717, 1.165) is 32.1 Å². The summed E-state index contributed by atoms with van der Waals surface area (Å²) in [6, 6.07) is 0.123. The molecule has 0 saturated carbocycles. The number of halogens is 1. The first-order chi connectivity index (χ1) is 8.47. The second kappa shape index (κ2) is 7.68. The van der Waals surface area contributed by atoms with Gasteiger partial charge in [-0.3, -0.25) is 0 Å². The molecule has 0 aromatic heterocycles. The molecule has 18 heavy (non-hydrogen) atoms. The number of hydrogen-bond donors (Lipinski definition) is 1. The maximum atomic E-state index is 12.1. The van der Waals surface area contributed by atoms with Crippen molar-refractivity contribution in [2.24, 2.45) is 5.92 Å². The maximum Gasteiger partial charge on any atom is 0.279 e. The summed E-state index contributed by atoms with van der Waals surface area (Å²) in [6.07, 6.45) is 4.86. The van der Waals surface area contributed by atoms with E-state index in [0.29, 0.717) is 24.9 Å². The highest BCUT2D eigenvalue weighted by Gasteiger charge is 2.28. The Morgan fingerprint density at radius 1 is 1.44 bits per heavy atom. The van der Waals surface area contributed by atoms with Crippen LogP contribution in [-0.4, -0.2) is 37.7 Å². The SMILES string of the molecule is CC(CCl)CCCNS(=O)(=O)N1CCCCC1C. The topological polar surface area (TPSA) is 49.4 Å². The summed E-state index contributed by atoms with van der Waals surface area (Å²) in [7, 11) is -3.29. The molecule has 1 heterocycles. The average Bonchev–Trinajstić information content (AvgIpc) is 2.34. The maximum absolute atomic E-state index is 12.1. The lowest BCUT2D eigenvalue weighted by molar-refractivity contribution is 0.265. The van der Waals surface area contributed by atoms with Gasteiger partial charge in [0.25, 0.3) is 10.2 Å². The predicted octanol–water partition coefficient (Wildman–Crippen LogP) is 2.35. The zero-order valence-electron chi connectivity index (χ0n) is 11.4. The van der Waals surface area contributed by atoms with Gasteiger partial charge >= 0.3 is 0 Å². The first kappa shape index (κ1) is 16.2. The number of alkyl halides is 1. The van der Waals surface area contributed by atoms with Crippen LogP contribution in [0.4, 0.5) is 0 Å². The quantitative estimate of drug-likeness (QED) is 0.579. The highest BCUT2D eigenvalue weighted by molar-refractivity contribution is 7.87. The van der Waals surface area contributed by atoms with E-state index in [9.17, 15) is 8.42 Å². The molecule has 2 atom stereocenters. The molecule has 1 saturated heterocycles. The molecule has 1 rings (SSSR count). The van der Waals surface area contributed by atoms with Crippen LogP contribution >= 0.6 is 11.6 Å². The van der Waals surface area contributed by atoms with Crippen LogP contribution in [0.15, 0.2) is 0 Å². The third-order valence-corrected chi connectivity index (χ3v) is 5.73. The lowest BCUT2D eigenvalue weighted by Gasteiger charge is -2.32. The molecule has 6 heteroatoms. The Labute approximate surface area is 116 Å². The van der Waals surface area contributed by atoms with Gasteiger partial charge in [-0.15, -0.1) is 11.6 Å². The first-order valence-electron chi connectivity index (χ1n) is 6.79. The summed E-state index contributed by atoms with van der Waals surface area (Å²) in [5.74, 6) is 1.08. The van der Waals surface area contributed by atoms with Crippen LogP contribution in [0.3, 0.4) is 0 Å². The van der Waals surface area contributed by atoms with Crippen LogP contribution in [0.2, 0.25) is 0 Å². The fourth-order valence-electron chi connectivity index (χ4n) is 2.24. The highest BCUT2D eigenvalue weighted by atomic mass is 35.5. The molecule has 0 aliphatic carbocycles. The first-order valence-corrected chi connectivity index (χ1v) is 8.77. The third-order valence-electron chi connectivity index (χ3n) is 3.47. The van der Waals surface area contributed by atoms with Crippen molar-refractivity contribution in [1.29, 1.82) is 0 Å². The minimum absolute atomic E-state index is 0.123. The number of rotatable bonds is 7. The van der Waals surface area contributed by atoms with Crippen LogP contribution in [0.1, 0.15) is 46.0 Å². The van der Waals surface area contributed by atoms with Gasteiger partial charge in [-0.05, 0) is 38.5 Å². The van der Waals surface area contributed by atoms with Crippen molar-refractivity contribution in [3.63, 3.8) is 0 Å². The molecular formula is C12H25ClN2O2S. The van der Waals surface area contributed by atoms with Gasteiger partial charge < -0.3 is 0 Å². The molecule has 0 bridgehead atoms. The Bertz CT molecular complexity index is 335. The van der Waals surface area contributed by atoms with Crippen LogP contribution in [0.5, 0.6) is 0 Å². The molecule has 0 radical (unpaired) electrons. The fourth-order valence-corrected chi connectivity index (χ4v) is 3.91. The molecule has 108 valence electrons. The zero-order valence-corrected chi connectivity index (χ0v) is 12.9. The molecule has 1 N–H and O–H groups in total. The number of nitrogens with one attached hydrogen (secondary N) is 1. The normalized spacial score (nSPS) is 24.1. The Balaban J connectivity index is 2.35. The van der Waals surface area contributed by atoms with Crippen molar-refractivity contribution in [1.82, 2.24) is 9.03 Å². The number of hydrogen-bond acceptors (Lipinski definition) is 2.